The highest BCUT2D eigenvalue weighted by atomic mass is 16.2. The molecular weight excluding hydrogens is 398 g/mol. The molecule has 6 nitrogen and oxygen atoms in total. The molecule has 0 radical (unpaired) electrons. The molecule has 4 rings (SSSR count). The standard InChI is InChI=1S/C26H33N5O/c1-3-13-31-16-15-29(20-25-28-12-14-30(25)4-2)19-24(26(31)32)17-21-7-9-22(10-8-21)23-6-5-11-27-18-23/h5-12,14,18,24H,3-4,13,15-17,19-20H2,1-2H3/t24-/m1/s1. The van der Waals surface area contributed by atoms with Crippen LogP contribution in [0.1, 0.15) is 31.7 Å². The van der Waals surface area contributed by atoms with E-state index < -0.39 is 0 Å². The maximum atomic E-state index is 13.4. The smallest absolute Gasteiger partial charge is 0.227 e. The van der Waals surface area contributed by atoms with Crippen molar-refractivity contribution in [1.82, 2.24) is 24.3 Å². The van der Waals surface area contributed by atoms with Gasteiger partial charge in [-0.25, -0.2) is 4.98 Å². The van der Waals surface area contributed by atoms with Crippen LogP contribution >= 0.6 is 0 Å². The highest BCUT2D eigenvalue weighted by molar-refractivity contribution is 5.79. The molecule has 0 saturated carbocycles. The van der Waals surface area contributed by atoms with Gasteiger partial charge in [-0.05, 0) is 42.5 Å². The average molecular weight is 432 g/mol. The van der Waals surface area contributed by atoms with Crippen molar-refractivity contribution in [2.75, 3.05) is 26.2 Å². The summed E-state index contributed by atoms with van der Waals surface area (Å²) in [6.07, 6.45) is 9.31. The lowest BCUT2D eigenvalue weighted by molar-refractivity contribution is -0.134. The Morgan fingerprint density at radius 3 is 2.59 bits per heavy atom. The van der Waals surface area contributed by atoms with Gasteiger partial charge in [0.05, 0.1) is 12.5 Å². The minimum atomic E-state index is -0.0432. The molecule has 1 aliphatic rings. The SMILES string of the molecule is CCCN1CCN(Cc2nccn2CC)C[C@@H](Cc2ccc(-c3cccnc3)cc2)C1=O. The number of carbonyl (C=O) groups is 1. The van der Waals surface area contributed by atoms with Gasteiger partial charge in [-0.3, -0.25) is 14.7 Å². The summed E-state index contributed by atoms with van der Waals surface area (Å²) in [5.74, 6) is 1.31. The van der Waals surface area contributed by atoms with E-state index in [1.807, 2.05) is 24.7 Å². The highest BCUT2D eigenvalue weighted by Gasteiger charge is 2.30. The summed E-state index contributed by atoms with van der Waals surface area (Å²) in [4.78, 5) is 26.6. The fourth-order valence-electron chi connectivity index (χ4n) is 4.53. The number of benzene rings is 1. The summed E-state index contributed by atoms with van der Waals surface area (Å²) < 4.78 is 2.18. The van der Waals surface area contributed by atoms with Gasteiger partial charge in [0.25, 0.3) is 0 Å². The first-order valence-corrected chi connectivity index (χ1v) is 11.7. The Morgan fingerprint density at radius 1 is 1.03 bits per heavy atom. The van der Waals surface area contributed by atoms with Crippen LogP contribution in [0.15, 0.2) is 61.2 Å². The molecule has 1 fully saturated rings. The van der Waals surface area contributed by atoms with E-state index in [9.17, 15) is 4.79 Å². The van der Waals surface area contributed by atoms with E-state index in [0.29, 0.717) is 0 Å². The quantitative estimate of drug-likeness (QED) is 0.543. The Morgan fingerprint density at radius 2 is 1.88 bits per heavy atom. The summed E-state index contributed by atoms with van der Waals surface area (Å²) in [6.45, 7) is 9.24. The van der Waals surface area contributed by atoms with Gasteiger partial charge in [-0.1, -0.05) is 37.3 Å². The van der Waals surface area contributed by atoms with Crippen LogP contribution in [0.3, 0.4) is 0 Å². The third kappa shape index (κ3) is 5.25. The summed E-state index contributed by atoms with van der Waals surface area (Å²) >= 11 is 0. The molecule has 1 atom stereocenters. The number of amides is 1. The predicted molar refractivity (Wildman–Crippen MR) is 127 cm³/mol. The molecule has 1 amide bonds. The Hall–Kier alpha value is -2.99. The van der Waals surface area contributed by atoms with Crippen LogP contribution in [0, 0.1) is 5.92 Å². The fraction of sp³-hybridized carbons (Fsp3) is 0.423. The molecule has 168 valence electrons. The topological polar surface area (TPSA) is 54.3 Å². The Bertz CT molecular complexity index is 999. The van der Waals surface area contributed by atoms with Crippen molar-refractivity contribution >= 4 is 5.91 Å². The monoisotopic (exact) mass is 431 g/mol. The number of aryl methyl sites for hydroxylation is 1. The number of hydrogen-bond donors (Lipinski definition) is 0. The molecule has 3 aromatic rings. The van der Waals surface area contributed by atoms with Gasteiger partial charge in [0.1, 0.15) is 5.82 Å². The number of rotatable bonds is 8. The lowest BCUT2D eigenvalue weighted by atomic mass is 9.96. The van der Waals surface area contributed by atoms with Crippen molar-refractivity contribution in [1.29, 1.82) is 0 Å². The molecule has 1 aromatic carbocycles. The Kier molecular flexibility index (Phi) is 7.32. The predicted octanol–water partition coefficient (Wildman–Crippen LogP) is 3.88. The van der Waals surface area contributed by atoms with E-state index >= 15 is 0 Å². The van der Waals surface area contributed by atoms with Crippen LogP contribution in [0.25, 0.3) is 11.1 Å². The van der Waals surface area contributed by atoms with E-state index in [2.05, 4.69) is 68.5 Å². The zero-order valence-corrected chi connectivity index (χ0v) is 19.2. The number of aromatic nitrogens is 3. The minimum Gasteiger partial charge on any atom is -0.341 e. The molecule has 0 spiro atoms. The van der Waals surface area contributed by atoms with Crippen molar-refractivity contribution in [3.05, 3.63) is 72.6 Å². The molecule has 1 saturated heterocycles. The van der Waals surface area contributed by atoms with Crippen LogP contribution in [0.4, 0.5) is 0 Å². The van der Waals surface area contributed by atoms with Crippen LogP contribution in [-0.2, 0) is 24.3 Å². The Labute approximate surface area is 190 Å². The van der Waals surface area contributed by atoms with Gasteiger partial charge in [0.2, 0.25) is 5.91 Å². The van der Waals surface area contributed by atoms with Crippen molar-refractivity contribution in [3.8, 4) is 11.1 Å². The molecule has 0 unspecified atom stereocenters. The number of imidazole rings is 1. The Balaban J connectivity index is 1.50. The first kappa shape index (κ1) is 22.2. The van der Waals surface area contributed by atoms with Gasteiger partial charge in [-0.15, -0.1) is 0 Å². The van der Waals surface area contributed by atoms with Crippen molar-refractivity contribution < 1.29 is 4.79 Å². The van der Waals surface area contributed by atoms with Gasteiger partial charge >= 0.3 is 0 Å². The van der Waals surface area contributed by atoms with Gasteiger partial charge in [0.15, 0.2) is 0 Å². The van der Waals surface area contributed by atoms with Gasteiger partial charge in [-0.2, -0.15) is 0 Å². The molecule has 2 aromatic heterocycles. The first-order valence-electron chi connectivity index (χ1n) is 11.7. The van der Waals surface area contributed by atoms with Crippen LogP contribution in [-0.4, -0.2) is 56.4 Å². The second-order valence-corrected chi connectivity index (χ2v) is 8.53. The molecule has 3 heterocycles. The third-order valence-electron chi connectivity index (χ3n) is 6.26. The molecule has 0 aliphatic carbocycles. The lowest BCUT2D eigenvalue weighted by Gasteiger charge is -2.24. The normalized spacial score (nSPS) is 17.5. The summed E-state index contributed by atoms with van der Waals surface area (Å²) in [5, 5.41) is 0. The van der Waals surface area contributed by atoms with Crippen molar-refractivity contribution in [3.63, 3.8) is 0 Å². The molecule has 0 N–H and O–H groups in total. The van der Waals surface area contributed by atoms with Crippen molar-refractivity contribution in [2.45, 2.75) is 39.8 Å². The summed E-state index contributed by atoms with van der Waals surface area (Å²) in [5.41, 5.74) is 3.45. The van der Waals surface area contributed by atoms with E-state index in [0.717, 1.165) is 69.1 Å². The van der Waals surface area contributed by atoms with E-state index in [-0.39, 0.29) is 11.8 Å². The zero-order chi connectivity index (χ0) is 22.3. The molecule has 0 bridgehead atoms. The minimum absolute atomic E-state index is 0.0432. The lowest BCUT2D eigenvalue weighted by Crippen LogP contribution is -2.37. The molecular formula is C26H33N5O. The average Bonchev–Trinajstić information content (AvgIpc) is 3.23. The highest BCUT2D eigenvalue weighted by Crippen LogP contribution is 2.22. The number of carbonyl (C=O) groups excluding carboxylic acids is 1. The zero-order valence-electron chi connectivity index (χ0n) is 19.2. The first-order chi connectivity index (χ1) is 15.7. The van der Waals surface area contributed by atoms with Crippen LogP contribution in [0.2, 0.25) is 0 Å². The maximum absolute atomic E-state index is 13.4. The van der Waals surface area contributed by atoms with Crippen LogP contribution in [0.5, 0.6) is 0 Å². The van der Waals surface area contributed by atoms with E-state index in [1.54, 1.807) is 6.20 Å². The van der Waals surface area contributed by atoms with E-state index in [1.165, 1.54) is 5.56 Å². The summed E-state index contributed by atoms with van der Waals surface area (Å²) in [6, 6.07) is 12.6. The van der Waals surface area contributed by atoms with E-state index in [4.69, 9.17) is 0 Å². The second kappa shape index (κ2) is 10.6. The third-order valence-corrected chi connectivity index (χ3v) is 6.26. The molecule has 6 heteroatoms. The number of pyridine rings is 1. The fourth-order valence-corrected chi connectivity index (χ4v) is 4.53. The molecule has 1 aliphatic heterocycles. The maximum Gasteiger partial charge on any atom is 0.227 e. The number of nitrogens with zero attached hydrogens (tertiary/aromatic N) is 5. The number of hydrogen-bond acceptors (Lipinski definition) is 4. The summed E-state index contributed by atoms with van der Waals surface area (Å²) in [7, 11) is 0. The van der Waals surface area contributed by atoms with Crippen molar-refractivity contribution in [2.24, 2.45) is 5.92 Å². The van der Waals surface area contributed by atoms with Gasteiger partial charge < -0.3 is 9.47 Å². The van der Waals surface area contributed by atoms with Gasteiger partial charge in [0, 0.05) is 57.5 Å². The largest absolute Gasteiger partial charge is 0.341 e. The second-order valence-electron chi connectivity index (χ2n) is 8.53. The van der Waals surface area contributed by atoms with Crippen LogP contribution < -0.4 is 0 Å². The molecule has 32 heavy (non-hydrogen) atoms.